The standard InChI is InChI=1S/C26H32O12/c1-32-14-7-9-15(10-8-14)34-25-20(30)18(28)22(16(11-27)35-25)38-26-21(31)19(29)23-17(36-26)12-33-24(37-23)13-5-3-2-4-6-13/h2-10,16-31H,11-12H2,1H3/t16-,17-,18-,19-,20-,21-,22-,23-,24-,25-,26+/m1/s1. The first-order chi connectivity index (χ1) is 18.4. The van der Waals surface area contributed by atoms with Gasteiger partial charge < -0.3 is 58.7 Å². The zero-order valence-corrected chi connectivity index (χ0v) is 20.6. The van der Waals surface area contributed by atoms with Crippen LogP contribution >= 0.6 is 0 Å². The minimum atomic E-state index is -1.59. The third kappa shape index (κ3) is 5.51. The molecule has 3 heterocycles. The van der Waals surface area contributed by atoms with E-state index in [1.165, 1.54) is 7.11 Å². The molecule has 38 heavy (non-hydrogen) atoms. The molecule has 5 rings (SSSR count). The lowest BCUT2D eigenvalue weighted by molar-refractivity contribution is -0.383. The number of rotatable bonds is 7. The Morgan fingerprint density at radius 3 is 2.16 bits per heavy atom. The topological polar surface area (TPSA) is 166 Å². The summed E-state index contributed by atoms with van der Waals surface area (Å²) in [6.07, 6.45) is -13.8. The number of fused-ring (bicyclic) bond motifs is 1. The zero-order chi connectivity index (χ0) is 26.8. The molecule has 2 aromatic rings. The molecule has 0 radical (unpaired) electrons. The van der Waals surface area contributed by atoms with Gasteiger partial charge in [0.25, 0.3) is 0 Å². The highest BCUT2D eigenvalue weighted by atomic mass is 16.8. The first-order valence-electron chi connectivity index (χ1n) is 12.3. The molecule has 0 amide bonds. The van der Waals surface area contributed by atoms with Crippen LogP contribution in [0.1, 0.15) is 11.9 Å². The fraction of sp³-hybridized carbons (Fsp3) is 0.538. The van der Waals surface area contributed by atoms with E-state index >= 15 is 0 Å². The molecule has 0 unspecified atom stereocenters. The summed E-state index contributed by atoms with van der Waals surface area (Å²) in [4.78, 5) is 0. The molecular weight excluding hydrogens is 504 g/mol. The maximum atomic E-state index is 10.8. The molecule has 3 fully saturated rings. The fourth-order valence-electron chi connectivity index (χ4n) is 4.73. The number of hydrogen-bond acceptors (Lipinski definition) is 12. The second-order valence-corrected chi connectivity index (χ2v) is 9.30. The van der Waals surface area contributed by atoms with Crippen molar-refractivity contribution >= 4 is 0 Å². The van der Waals surface area contributed by atoms with Gasteiger partial charge >= 0.3 is 0 Å². The summed E-state index contributed by atoms with van der Waals surface area (Å²) < 4.78 is 39.7. The Balaban J connectivity index is 1.23. The van der Waals surface area contributed by atoms with E-state index in [2.05, 4.69) is 0 Å². The molecule has 3 saturated heterocycles. The van der Waals surface area contributed by atoms with Gasteiger partial charge in [-0.15, -0.1) is 0 Å². The summed E-state index contributed by atoms with van der Waals surface area (Å²) in [5, 5.41) is 53.0. The van der Waals surface area contributed by atoms with Gasteiger partial charge in [-0.1, -0.05) is 30.3 Å². The van der Waals surface area contributed by atoms with Crippen LogP contribution in [0.5, 0.6) is 11.5 Å². The SMILES string of the molecule is COc1ccc(O[C@@H]2O[C@H](CO)[C@@H](O[C@@H]3O[C@@H]4CO[C@@H](c5ccccc5)O[C@H]4[C@H](O)[C@H]3O)[C@H](O)[C@H]2O)cc1. The second-order valence-electron chi connectivity index (χ2n) is 9.30. The van der Waals surface area contributed by atoms with E-state index in [0.29, 0.717) is 11.5 Å². The van der Waals surface area contributed by atoms with Crippen LogP contribution in [0.25, 0.3) is 0 Å². The van der Waals surface area contributed by atoms with Crippen LogP contribution in [-0.4, -0.2) is 107 Å². The van der Waals surface area contributed by atoms with Gasteiger partial charge in [-0.25, -0.2) is 0 Å². The molecule has 0 spiro atoms. The van der Waals surface area contributed by atoms with E-state index in [1.54, 1.807) is 24.3 Å². The van der Waals surface area contributed by atoms with E-state index in [0.717, 1.165) is 5.56 Å². The van der Waals surface area contributed by atoms with Crippen LogP contribution < -0.4 is 9.47 Å². The maximum absolute atomic E-state index is 10.8. The third-order valence-corrected chi connectivity index (χ3v) is 6.83. The summed E-state index contributed by atoms with van der Waals surface area (Å²) in [6.45, 7) is -0.555. The van der Waals surface area contributed by atoms with Crippen molar-refractivity contribution in [3.05, 3.63) is 60.2 Å². The molecule has 0 aliphatic carbocycles. The Hall–Kier alpha value is -2.36. The highest BCUT2D eigenvalue weighted by Gasteiger charge is 2.53. The molecule has 12 nitrogen and oxygen atoms in total. The summed E-state index contributed by atoms with van der Waals surface area (Å²) in [5.41, 5.74) is 0.750. The van der Waals surface area contributed by atoms with Gasteiger partial charge in [-0.3, -0.25) is 0 Å². The predicted molar refractivity (Wildman–Crippen MR) is 127 cm³/mol. The Labute approximate surface area is 218 Å². The molecule has 0 aromatic heterocycles. The minimum Gasteiger partial charge on any atom is -0.497 e. The lowest BCUT2D eigenvalue weighted by atomic mass is 9.96. The number of aliphatic hydroxyl groups is 5. The van der Waals surface area contributed by atoms with Crippen molar-refractivity contribution in [3.8, 4) is 11.5 Å². The van der Waals surface area contributed by atoms with Gasteiger partial charge in [-0.2, -0.15) is 0 Å². The van der Waals surface area contributed by atoms with Crippen molar-refractivity contribution in [1.82, 2.24) is 0 Å². The second kappa shape index (κ2) is 11.8. The average Bonchev–Trinajstić information content (AvgIpc) is 2.96. The van der Waals surface area contributed by atoms with Gasteiger partial charge in [0, 0.05) is 5.56 Å². The van der Waals surface area contributed by atoms with Crippen LogP contribution in [0.2, 0.25) is 0 Å². The normalized spacial score (nSPS) is 39.3. The van der Waals surface area contributed by atoms with Crippen LogP contribution in [0.3, 0.4) is 0 Å². The highest BCUT2D eigenvalue weighted by Crippen LogP contribution is 2.36. The van der Waals surface area contributed by atoms with Crippen LogP contribution in [-0.2, 0) is 23.7 Å². The van der Waals surface area contributed by atoms with E-state index in [-0.39, 0.29) is 6.61 Å². The third-order valence-electron chi connectivity index (χ3n) is 6.83. The largest absolute Gasteiger partial charge is 0.497 e. The lowest BCUT2D eigenvalue weighted by Crippen LogP contribution is -2.66. The van der Waals surface area contributed by atoms with Crippen molar-refractivity contribution in [1.29, 1.82) is 0 Å². The molecule has 208 valence electrons. The summed E-state index contributed by atoms with van der Waals surface area (Å²) in [7, 11) is 1.52. The summed E-state index contributed by atoms with van der Waals surface area (Å²) in [5.74, 6) is 0.938. The summed E-state index contributed by atoms with van der Waals surface area (Å²) in [6, 6.07) is 15.6. The van der Waals surface area contributed by atoms with Crippen LogP contribution in [0.4, 0.5) is 0 Å². The molecule has 0 saturated carbocycles. The molecule has 0 bridgehead atoms. The molecule has 11 atom stereocenters. The van der Waals surface area contributed by atoms with Crippen LogP contribution in [0, 0.1) is 0 Å². The number of hydrogen-bond donors (Lipinski definition) is 5. The van der Waals surface area contributed by atoms with Crippen LogP contribution in [0.15, 0.2) is 54.6 Å². The molecule has 3 aliphatic heterocycles. The van der Waals surface area contributed by atoms with Crippen molar-refractivity contribution in [3.63, 3.8) is 0 Å². The van der Waals surface area contributed by atoms with E-state index in [4.69, 9.17) is 33.2 Å². The summed E-state index contributed by atoms with van der Waals surface area (Å²) >= 11 is 0. The number of ether oxygens (including phenoxy) is 7. The van der Waals surface area contributed by atoms with Crippen molar-refractivity contribution in [2.45, 2.75) is 67.7 Å². The maximum Gasteiger partial charge on any atom is 0.229 e. The van der Waals surface area contributed by atoms with Crippen molar-refractivity contribution in [2.24, 2.45) is 0 Å². The minimum absolute atomic E-state index is 0.0431. The average molecular weight is 537 g/mol. The van der Waals surface area contributed by atoms with Gasteiger partial charge in [-0.05, 0) is 24.3 Å². The molecule has 2 aromatic carbocycles. The monoisotopic (exact) mass is 536 g/mol. The quantitative estimate of drug-likeness (QED) is 0.307. The Kier molecular flexibility index (Phi) is 8.45. The van der Waals surface area contributed by atoms with Crippen molar-refractivity contribution < 1.29 is 58.7 Å². The Morgan fingerprint density at radius 1 is 0.789 bits per heavy atom. The predicted octanol–water partition coefficient (Wildman–Crippen LogP) is -0.541. The number of benzene rings is 2. The van der Waals surface area contributed by atoms with E-state index in [1.807, 2.05) is 30.3 Å². The zero-order valence-electron chi connectivity index (χ0n) is 20.6. The smallest absolute Gasteiger partial charge is 0.229 e. The molecule has 5 N–H and O–H groups in total. The van der Waals surface area contributed by atoms with Gasteiger partial charge in [0.05, 0.1) is 20.3 Å². The van der Waals surface area contributed by atoms with Gasteiger partial charge in [0.1, 0.15) is 60.3 Å². The molecular formula is C26H32O12. The Morgan fingerprint density at radius 2 is 1.47 bits per heavy atom. The lowest BCUT2D eigenvalue weighted by Gasteiger charge is -2.48. The van der Waals surface area contributed by atoms with Crippen molar-refractivity contribution in [2.75, 3.05) is 20.3 Å². The van der Waals surface area contributed by atoms with E-state index < -0.39 is 74.3 Å². The first kappa shape index (κ1) is 27.2. The molecule has 12 heteroatoms. The fourth-order valence-corrected chi connectivity index (χ4v) is 4.73. The van der Waals surface area contributed by atoms with Gasteiger partial charge in [0.2, 0.25) is 6.29 Å². The van der Waals surface area contributed by atoms with Gasteiger partial charge in [0.15, 0.2) is 12.6 Å². The highest BCUT2D eigenvalue weighted by molar-refractivity contribution is 5.31. The Bertz CT molecular complexity index is 1020. The first-order valence-corrected chi connectivity index (χ1v) is 12.3. The number of aliphatic hydroxyl groups excluding tert-OH is 5. The number of methoxy groups -OCH3 is 1. The van der Waals surface area contributed by atoms with E-state index in [9.17, 15) is 25.5 Å². The molecule has 3 aliphatic rings.